The van der Waals surface area contributed by atoms with Gasteiger partial charge in [0.2, 0.25) is 0 Å². The first kappa shape index (κ1) is 24.7. The Bertz CT molecular complexity index is 1330. The van der Waals surface area contributed by atoms with Crippen molar-refractivity contribution in [3.05, 3.63) is 39.8 Å². The topological polar surface area (TPSA) is 132 Å². The van der Waals surface area contributed by atoms with E-state index in [1.54, 1.807) is 17.9 Å². The van der Waals surface area contributed by atoms with Gasteiger partial charge in [-0.25, -0.2) is 15.0 Å². The van der Waals surface area contributed by atoms with Gasteiger partial charge in [-0.2, -0.15) is 0 Å². The summed E-state index contributed by atoms with van der Waals surface area (Å²) in [6.07, 6.45) is -3.97. The minimum atomic E-state index is -4.73. The van der Waals surface area contributed by atoms with E-state index in [2.05, 4.69) is 25.0 Å². The fraction of sp³-hybridized carbons (Fsp3) is 0.478. The zero-order chi connectivity index (χ0) is 25.8. The summed E-state index contributed by atoms with van der Waals surface area (Å²) in [5.74, 6) is 0.959. The lowest BCUT2D eigenvalue weighted by molar-refractivity contribution is -0.341. The van der Waals surface area contributed by atoms with Crippen LogP contribution in [-0.2, 0) is 17.6 Å². The number of nitrogens with zero attached hydrogens (tertiary/aromatic N) is 4. The van der Waals surface area contributed by atoms with E-state index in [4.69, 9.17) is 11.5 Å². The quantitative estimate of drug-likeness (QED) is 0.477. The summed E-state index contributed by atoms with van der Waals surface area (Å²) >= 11 is 1.26. The molecule has 9 nitrogen and oxygen atoms in total. The first-order chi connectivity index (χ1) is 17.0. The van der Waals surface area contributed by atoms with Crippen molar-refractivity contribution in [3.63, 3.8) is 0 Å². The van der Waals surface area contributed by atoms with Crippen molar-refractivity contribution >= 4 is 39.0 Å². The highest BCUT2D eigenvalue weighted by Gasteiger charge is 2.41. The molecule has 0 aromatic carbocycles. The molecule has 13 heteroatoms. The number of alkyl halides is 3. The normalized spacial score (nSPS) is 22.2. The van der Waals surface area contributed by atoms with Gasteiger partial charge in [-0.1, -0.05) is 6.07 Å². The predicted molar refractivity (Wildman–Crippen MR) is 130 cm³/mol. The number of aryl methyl sites for hydroxylation is 3. The van der Waals surface area contributed by atoms with Gasteiger partial charge in [0.1, 0.15) is 27.5 Å². The number of halogens is 3. The van der Waals surface area contributed by atoms with Gasteiger partial charge in [-0.3, -0.25) is 9.53 Å². The Balaban J connectivity index is 1.26. The first-order valence-electron chi connectivity index (χ1n) is 11.6. The van der Waals surface area contributed by atoms with Gasteiger partial charge >= 0.3 is 6.36 Å². The Morgan fingerprint density at radius 1 is 1.22 bits per heavy atom. The molecule has 4 heterocycles. The molecule has 5 N–H and O–H groups in total. The van der Waals surface area contributed by atoms with Crippen LogP contribution in [-0.4, -0.2) is 58.5 Å². The largest absolute Gasteiger partial charge is 0.522 e. The van der Waals surface area contributed by atoms with Crippen molar-refractivity contribution in [1.82, 2.24) is 20.3 Å². The first-order valence-corrected chi connectivity index (χ1v) is 12.4. The molecule has 1 saturated heterocycles. The van der Waals surface area contributed by atoms with Crippen LogP contribution in [0, 0.1) is 13.8 Å². The molecule has 3 aromatic rings. The minimum absolute atomic E-state index is 0.0190. The van der Waals surface area contributed by atoms with Crippen LogP contribution in [0.1, 0.15) is 38.9 Å². The molecule has 3 atom stereocenters. The Labute approximate surface area is 209 Å². The average molecular weight is 522 g/mol. The number of carbonyl (C=O) groups is 1. The third kappa shape index (κ3) is 4.82. The second-order valence-corrected chi connectivity index (χ2v) is 10.2. The molecular weight excluding hydrogens is 495 g/mol. The number of carbonyl (C=O) groups excluding carboxylic acids is 1. The fourth-order valence-corrected chi connectivity index (χ4v) is 6.03. The van der Waals surface area contributed by atoms with Crippen LogP contribution in [0.2, 0.25) is 0 Å². The van der Waals surface area contributed by atoms with Crippen LogP contribution in [0.15, 0.2) is 12.1 Å². The molecular formula is C23H26F3N7O2S. The molecule has 2 aliphatic rings. The number of nitrogens with one attached hydrogen (secondary N) is 1. The highest BCUT2D eigenvalue weighted by atomic mass is 32.1. The highest BCUT2D eigenvalue weighted by molar-refractivity contribution is 7.21. The number of amides is 1. The summed E-state index contributed by atoms with van der Waals surface area (Å²) in [4.78, 5) is 29.3. The molecule has 0 bridgehead atoms. The van der Waals surface area contributed by atoms with Crippen molar-refractivity contribution in [3.8, 4) is 0 Å². The Morgan fingerprint density at radius 2 is 2.00 bits per heavy atom. The number of hydrogen-bond acceptors (Lipinski definition) is 9. The molecule has 1 fully saturated rings. The number of nitrogen functional groups attached to an aromatic ring is 1. The lowest BCUT2D eigenvalue weighted by atomic mass is 9.91. The second kappa shape index (κ2) is 9.12. The molecule has 3 aromatic heterocycles. The number of hydrogen-bond donors (Lipinski definition) is 3. The molecule has 192 valence electrons. The molecule has 36 heavy (non-hydrogen) atoms. The highest BCUT2D eigenvalue weighted by Crippen LogP contribution is 2.34. The van der Waals surface area contributed by atoms with Gasteiger partial charge in [0.15, 0.2) is 0 Å². The monoisotopic (exact) mass is 521 g/mol. The molecule has 3 unspecified atom stereocenters. The third-order valence-electron chi connectivity index (χ3n) is 6.59. The van der Waals surface area contributed by atoms with Gasteiger partial charge in [-0.05, 0) is 44.7 Å². The number of anilines is 2. The number of fused-ring (bicyclic) bond motifs is 2. The zero-order valence-corrected chi connectivity index (χ0v) is 20.5. The van der Waals surface area contributed by atoms with E-state index in [1.165, 1.54) is 11.3 Å². The molecule has 0 saturated carbocycles. The molecule has 0 spiro atoms. The zero-order valence-electron chi connectivity index (χ0n) is 19.7. The van der Waals surface area contributed by atoms with E-state index in [0.717, 1.165) is 17.0 Å². The van der Waals surface area contributed by atoms with Gasteiger partial charge in [0.05, 0.1) is 22.8 Å². The molecule has 1 aliphatic carbocycles. The van der Waals surface area contributed by atoms with E-state index in [0.29, 0.717) is 51.7 Å². The van der Waals surface area contributed by atoms with Gasteiger partial charge in [0.25, 0.3) is 5.91 Å². The molecule has 5 rings (SSSR count). The van der Waals surface area contributed by atoms with E-state index < -0.39 is 18.5 Å². The minimum Gasteiger partial charge on any atom is -0.397 e. The maximum absolute atomic E-state index is 13.0. The van der Waals surface area contributed by atoms with Crippen molar-refractivity contribution in [2.45, 2.75) is 57.7 Å². The van der Waals surface area contributed by atoms with Gasteiger partial charge in [-0.15, -0.1) is 24.5 Å². The van der Waals surface area contributed by atoms with Crippen LogP contribution in [0.5, 0.6) is 0 Å². The molecule has 1 amide bonds. The van der Waals surface area contributed by atoms with E-state index in [9.17, 15) is 18.0 Å². The maximum Gasteiger partial charge on any atom is 0.522 e. The Morgan fingerprint density at radius 3 is 2.75 bits per heavy atom. The second-order valence-electron chi connectivity index (χ2n) is 9.24. The van der Waals surface area contributed by atoms with Crippen molar-refractivity contribution in [2.75, 3.05) is 23.7 Å². The third-order valence-corrected chi connectivity index (χ3v) is 7.69. The summed E-state index contributed by atoms with van der Waals surface area (Å²) < 4.78 is 42.0. The maximum atomic E-state index is 13.0. The van der Waals surface area contributed by atoms with E-state index >= 15 is 0 Å². The van der Waals surface area contributed by atoms with E-state index in [1.807, 2.05) is 13.0 Å². The number of rotatable bonds is 4. The summed E-state index contributed by atoms with van der Waals surface area (Å²) in [7, 11) is 0. The molecule has 0 radical (unpaired) electrons. The number of aromatic nitrogens is 3. The van der Waals surface area contributed by atoms with Crippen LogP contribution in [0.25, 0.3) is 10.2 Å². The smallest absolute Gasteiger partial charge is 0.397 e. The van der Waals surface area contributed by atoms with Gasteiger partial charge < -0.3 is 21.7 Å². The Hall–Kier alpha value is -3.03. The molecule has 1 aliphatic heterocycles. The lowest BCUT2D eigenvalue weighted by Crippen LogP contribution is -2.39. The van der Waals surface area contributed by atoms with Crippen LogP contribution >= 0.6 is 11.3 Å². The summed E-state index contributed by atoms with van der Waals surface area (Å²) in [5.41, 5.74) is 15.1. The van der Waals surface area contributed by atoms with Crippen LogP contribution < -0.4 is 21.7 Å². The van der Waals surface area contributed by atoms with Crippen molar-refractivity contribution in [2.24, 2.45) is 5.73 Å². The number of ether oxygens (including phenoxy) is 1. The summed E-state index contributed by atoms with van der Waals surface area (Å²) in [6, 6.07) is 2.83. The Kier molecular flexibility index (Phi) is 6.25. The summed E-state index contributed by atoms with van der Waals surface area (Å²) in [6.45, 7) is 3.89. The van der Waals surface area contributed by atoms with Crippen molar-refractivity contribution < 1.29 is 22.7 Å². The van der Waals surface area contributed by atoms with Crippen LogP contribution in [0.3, 0.4) is 0 Å². The summed E-state index contributed by atoms with van der Waals surface area (Å²) in [5, 5.41) is 3.79. The lowest BCUT2D eigenvalue weighted by Gasteiger charge is -2.26. The average Bonchev–Trinajstić information content (AvgIpc) is 3.31. The number of nitrogens with two attached hydrogens (primary N) is 2. The van der Waals surface area contributed by atoms with Crippen molar-refractivity contribution in [1.29, 1.82) is 0 Å². The van der Waals surface area contributed by atoms with E-state index in [-0.39, 0.29) is 25.0 Å². The SMILES string of the molecule is Cc1nc(C)c2c(N)c(C(=O)NC3CCc4nc(N5CC(N)C(OC(F)(F)F)C5)ccc4C3)sc2n1. The number of thiophene rings is 1. The number of pyridine rings is 1. The van der Waals surface area contributed by atoms with Crippen LogP contribution in [0.4, 0.5) is 24.7 Å². The standard InChI is InChI=1S/C23H26F3N7O2S/c1-10-18-19(28)20(36-22(18)30-11(2)29-10)21(34)31-13-4-5-15-12(7-13)3-6-17(32-15)33-8-14(27)16(9-33)35-23(24,25)26/h3,6,13-14,16H,4-5,7-9,27-28H2,1-2H3,(H,31,34). The van der Waals surface area contributed by atoms with Gasteiger partial charge in [0, 0.05) is 24.8 Å². The predicted octanol–water partition coefficient (Wildman–Crippen LogP) is 2.62. The fourth-order valence-electron chi connectivity index (χ4n) is 4.93.